The number of nitriles is 1. The van der Waals surface area contributed by atoms with Gasteiger partial charge < -0.3 is 9.90 Å². The van der Waals surface area contributed by atoms with Gasteiger partial charge in [-0.1, -0.05) is 48.5 Å². The summed E-state index contributed by atoms with van der Waals surface area (Å²) in [6.45, 7) is 0. The first-order valence-corrected chi connectivity index (χ1v) is 6.99. The number of hydrogen-bond donors (Lipinski definition) is 0. The van der Waals surface area contributed by atoms with Crippen LogP contribution in [0.5, 0.6) is 0 Å². The Labute approximate surface area is 122 Å². The van der Waals surface area contributed by atoms with Crippen LogP contribution in [0.1, 0.15) is 40.5 Å². The number of fused-ring (bicyclic) bond motifs is 1. The van der Waals surface area contributed by atoms with Crippen LogP contribution in [0.3, 0.4) is 0 Å². The van der Waals surface area contributed by atoms with Crippen LogP contribution < -0.4 is 5.11 Å². The van der Waals surface area contributed by atoms with Gasteiger partial charge in [0.05, 0.1) is 12.0 Å². The minimum Gasteiger partial charge on any atom is -0.548 e. The second-order valence-electron chi connectivity index (χ2n) is 5.82. The van der Waals surface area contributed by atoms with Crippen LogP contribution in [0.4, 0.5) is 0 Å². The molecule has 0 saturated carbocycles. The molecule has 0 fully saturated rings. The van der Waals surface area contributed by atoms with Gasteiger partial charge in [0, 0.05) is 11.8 Å². The topological polar surface area (TPSA) is 63.9 Å². The van der Waals surface area contributed by atoms with Gasteiger partial charge in [-0.15, -0.1) is 0 Å². The molecule has 1 unspecified atom stereocenters. The molecule has 0 heterocycles. The number of carbonyl (C=O) groups excluding carboxylic acids is 1. The van der Waals surface area contributed by atoms with E-state index in [9.17, 15) is 15.2 Å². The highest BCUT2D eigenvalue weighted by molar-refractivity contribution is 5.82. The van der Waals surface area contributed by atoms with Crippen LogP contribution in [0.25, 0.3) is 0 Å². The van der Waals surface area contributed by atoms with E-state index in [4.69, 9.17) is 0 Å². The van der Waals surface area contributed by atoms with Gasteiger partial charge in [0.15, 0.2) is 0 Å². The maximum atomic E-state index is 11.8. The number of nitrogens with zero attached hydrogens (tertiary/aromatic N) is 1. The van der Waals surface area contributed by atoms with Gasteiger partial charge in [-0.25, -0.2) is 0 Å². The number of carbonyl (C=O) groups is 1. The van der Waals surface area contributed by atoms with Crippen molar-refractivity contribution in [2.75, 3.05) is 0 Å². The van der Waals surface area contributed by atoms with Gasteiger partial charge >= 0.3 is 0 Å². The van der Waals surface area contributed by atoms with E-state index >= 15 is 0 Å². The molecule has 0 aliphatic heterocycles. The lowest BCUT2D eigenvalue weighted by Crippen LogP contribution is -2.51. The largest absolute Gasteiger partial charge is 0.548 e. The summed E-state index contributed by atoms with van der Waals surface area (Å²) in [5.74, 6) is -1.74. The monoisotopic (exact) mass is 274 g/mol. The van der Waals surface area contributed by atoms with Crippen LogP contribution in [0.15, 0.2) is 48.5 Å². The van der Waals surface area contributed by atoms with Crippen molar-refractivity contribution in [2.24, 2.45) is 5.41 Å². The Morgan fingerprint density at radius 2 is 1.52 bits per heavy atom. The Bertz CT molecular complexity index is 757. The van der Waals surface area contributed by atoms with Gasteiger partial charge in [0.1, 0.15) is 5.41 Å². The molecule has 0 spiro atoms. The van der Waals surface area contributed by atoms with Crippen molar-refractivity contribution in [2.45, 2.75) is 18.3 Å². The quantitative estimate of drug-likeness (QED) is 0.798. The summed E-state index contributed by atoms with van der Waals surface area (Å²) in [6, 6.07) is 17.8. The summed E-state index contributed by atoms with van der Waals surface area (Å²) in [4.78, 5) is 11.8. The van der Waals surface area contributed by atoms with Crippen LogP contribution >= 0.6 is 0 Å². The Morgan fingerprint density at radius 3 is 1.95 bits per heavy atom. The Hall–Kier alpha value is -2.60. The second kappa shape index (κ2) is 3.95. The summed E-state index contributed by atoms with van der Waals surface area (Å²) in [7, 11) is 0. The lowest BCUT2D eigenvalue weighted by atomic mass is 9.52. The first-order valence-electron chi connectivity index (χ1n) is 6.99. The van der Waals surface area contributed by atoms with Crippen molar-refractivity contribution in [3.8, 4) is 6.07 Å². The molecule has 3 aliphatic carbocycles. The number of carboxylic acids is 1. The standard InChI is InChI=1S/C18H13NO2/c19-10-18(17(20)21)9-15-11-5-1-3-7-13(11)16(18)14-8-4-2-6-12(14)15/h1-8,15-16H,9H2,(H,20,21)/p-1. The third-order valence-corrected chi connectivity index (χ3v) is 4.95. The van der Waals surface area contributed by atoms with Gasteiger partial charge in [0.25, 0.3) is 0 Å². The van der Waals surface area contributed by atoms with Crippen molar-refractivity contribution in [1.29, 1.82) is 5.26 Å². The maximum Gasteiger partial charge on any atom is 0.108 e. The second-order valence-corrected chi connectivity index (χ2v) is 5.82. The van der Waals surface area contributed by atoms with E-state index in [-0.39, 0.29) is 5.92 Å². The zero-order valence-electron chi connectivity index (χ0n) is 11.2. The number of benzene rings is 2. The Balaban J connectivity index is 2.08. The fourth-order valence-corrected chi connectivity index (χ4v) is 4.06. The molecule has 1 atom stereocenters. The molecule has 0 amide bonds. The maximum absolute atomic E-state index is 11.8. The van der Waals surface area contributed by atoms with Crippen molar-refractivity contribution in [3.63, 3.8) is 0 Å². The SMILES string of the molecule is N#CC1(C(=O)[O-])CC2c3ccccc3C1c1ccccc12. The van der Waals surface area contributed by atoms with E-state index in [1.807, 2.05) is 48.5 Å². The molecule has 3 heteroatoms. The number of aliphatic carboxylic acids is 1. The molecule has 2 bridgehead atoms. The summed E-state index contributed by atoms with van der Waals surface area (Å²) in [5.41, 5.74) is 2.74. The predicted molar refractivity (Wildman–Crippen MR) is 74.2 cm³/mol. The minimum atomic E-state index is -1.46. The highest BCUT2D eigenvalue weighted by Gasteiger charge is 2.54. The summed E-state index contributed by atoms with van der Waals surface area (Å²) < 4.78 is 0. The van der Waals surface area contributed by atoms with E-state index in [2.05, 4.69) is 6.07 Å². The highest BCUT2D eigenvalue weighted by Crippen LogP contribution is 2.60. The van der Waals surface area contributed by atoms with Gasteiger partial charge in [-0.2, -0.15) is 5.26 Å². The third kappa shape index (κ3) is 1.34. The number of rotatable bonds is 1. The predicted octanol–water partition coefficient (Wildman–Crippen LogP) is 1.93. The molecular formula is C18H12NO2-. The van der Waals surface area contributed by atoms with Crippen LogP contribution in [0.2, 0.25) is 0 Å². The summed E-state index contributed by atoms with van der Waals surface area (Å²) >= 11 is 0. The first kappa shape index (κ1) is 12.2. The van der Waals surface area contributed by atoms with E-state index in [1.54, 1.807) is 0 Å². The molecule has 2 aromatic carbocycles. The third-order valence-electron chi connectivity index (χ3n) is 4.95. The number of carboxylic acid groups (broad SMARTS) is 1. The van der Waals surface area contributed by atoms with Crippen molar-refractivity contribution in [3.05, 3.63) is 70.8 Å². The highest BCUT2D eigenvalue weighted by atomic mass is 16.4. The molecule has 0 saturated heterocycles. The van der Waals surface area contributed by atoms with E-state index in [1.165, 1.54) is 0 Å². The smallest absolute Gasteiger partial charge is 0.108 e. The van der Waals surface area contributed by atoms with E-state index in [0.29, 0.717) is 6.42 Å². The average molecular weight is 274 g/mol. The zero-order chi connectivity index (χ0) is 14.6. The normalized spacial score (nSPS) is 28.3. The molecular weight excluding hydrogens is 262 g/mol. The van der Waals surface area contributed by atoms with Gasteiger partial charge in [-0.3, -0.25) is 0 Å². The Kier molecular flexibility index (Phi) is 2.29. The number of hydrogen-bond acceptors (Lipinski definition) is 3. The zero-order valence-corrected chi connectivity index (χ0v) is 11.2. The van der Waals surface area contributed by atoms with Crippen molar-refractivity contribution >= 4 is 5.97 Å². The van der Waals surface area contributed by atoms with Crippen LogP contribution in [0, 0.1) is 16.7 Å². The average Bonchev–Trinajstić information content (AvgIpc) is 2.54. The summed E-state index contributed by atoms with van der Waals surface area (Å²) in [6.07, 6.45) is 0.296. The minimum absolute atomic E-state index is 0.0417. The van der Waals surface area contributed by atoms with E-state index in [0.717, 1.165) is 22.3 Å². The molecule has 0 aromatic heterocycles. The molecule has 21 heavy (non-hydrogen) atoms. The van der Waals surface area contributed by atoms with Crippen LogP contribution in [-0.4, -0.2) is 5.97 Å². The molecule has 5 rings (SSSR count). The lowest BCUT2D eigenvalue weighted by molar-refractivity contribution is -0.317. The fraction of sp³-hybridized carbons (Fsp3) is 0.222. The first-order chi connectivity index (χ1) is 10.2. The molecule has 2 aromatic rings. The molecule has 0 radical (unpaired) electrons. The molecule has 3 aliphatic rings. The van der Waals surface area contributed by atoms with Gasteiger partial charge in [0.2, 0.25) is 0 Å². The van der Waals surface area contributed by atoms with Crippen molar-refractivity contribution in [1.82, 2.24) is 0 Å². The van der Waals surface area contributed by atoms with Crippen molar-refractivity contribution < 1.29 is 9.90 Å². The molecule has 0 N–H and O–H groups in total. The molecule has 102 valence electrons. The van der Waals surface area contributed by atoms with E-state index < -0.39 is 17.3 Å². The molecule has 3 nitrogen and oxygen atoms in total. The Morgan fingerprint density at radius 1 is 1.05 bits per heavy atom. The lowest BCUT2D eigenvalue weighted by Gasteiger charge is -2.50. The summed E-state index contributed by atoms with van der Waals surface area (Å²) in [5, 5.41) is 21.4. The van der Waals surface area contributed by atoms with Gasteiger partial charge in [-0.05, 0) is 28.7 Å². The van der Waals surface area contributed by atoms with Crippen LogP contribution in [-0.2, 0) is 4.79 Å². The fourth-order valence-electron chi connectivity index (χ4n) is 4.06.